The molecule has 1 unspecified atom stereocenters. The van der Waals surface area contributed by atoms with Crippen LogP contribution in [0.3, 0.4) is 0 Å². The van der Waals surface area contributed by atoms with E-state index in [1.807, 2.05) is 12.1 Å². The van der Waals surface area contributed by atoms with Crippen molar-refractivity contribution >= 4 is 16.6 Å². The van der Waals surface area contributed by atoms with E-state index in [1.165, 1.54) is 5.69 Å². The number of aliphatic hydroxyl groups excluding tert-OH is 1. The maximum atomic E-state index is 9.32. The van der Waals surface area contributed by atoms with Crippen LogP contribution < -0.4 is 10.1 Å². The summed E-state index contributed by atoms with van der Waals surface area (Å²) in [6.45, 7) is 2.40. The molecular formula is C20H22N2O2. The molecule has 1 aliphatic heterocycles. The van der Waals surface area contributed by atoms with Crippen LogP contribution in [0, 0.1) is 0 Å². The molecule has 4 heteroatoms. The molecule has 2 heterocycles. The second kappa shape index (κ2) is 5.56. The van der Waals surface area contributed by atoms with Gasteiger partial charge in [-0.05, 0) is 50.1 Å². The Hall–Kier alpha value is -2.46. The normalized spacial score (nSPS) is 18.8. The number of benzene rings is 2. The standard InChI is InChI=1S/C20H22N2O2/c1-20(11-6-12-23)19-13-14-16(9-5-10-18(14)24-2)22(19)17-8-4-3-7-15(17)21-20/h3-5,7-10,13,21,23H,6,11-12H2,1-2H3. The summed E-state index contributed by atoms with van der Waals surface area (Å²) in [6.07, 6.45) is 1.61. The van der Waals surface area contributed by atoms with Crippen LogP contribution in [0.1, 0.15) is 25.5 Å². The number of nitrogens with zero attached hydrogens (tertiary/aromatic N) is 1. The van der Waals surface area contributed by atoms with Gasteiger partial charge in [0.1, 0.15) is 5.75 Å². The highest BCUT2D eigenvalue weighted by Crippen LogP contribution is 2.44. The molecule has 124 valence electrons. The maximum absolute atomic E-state index is 9.32. The first kappa shape index (κ1) is 15.1. The number of nitrogens with one attached hydrogen (secondary N) is 1. The Bertz CT molecular complexity index is 900. The van der Waals surface area contributed by atoms with E-state index >= 15 is 0 Å². The molecule has 0 bridgehead atoms. The second-order valence-corrected chi connectivity index (χ2v) is 6.56. The molecule has 0 fully saturated rings. The van der Waals surface area contributed by atoms with Gasteiger partial charge < -0.3 is 19.7 Å². The number of para-hydroxylation sites is 2. The number of aliphatic hydroxyl groups is 1. The van der Waals surface area contributed by atoms with Crippen molar-refractivity contribution in [2.75, 3.05) is 19.0 Å². The van der Waals surface area contributed by atoms with Crippen LogP contribution in [0.15, 0.2) is 48.5 Å². The van der Waals surface area contributed by atoms with Gasteiger partial charge in [-0.15, -0.1) is 0 Å². The Morgan fingerprint density at radius 2 is 2.00 bits per heavy atom. The van der Waals surface area contributed by atoms with Gasteiger partial charge in [-0.25, -0.2) is 0 Å². The summed E-state index contributed by atoms with van der Waals surface area (Å²) in [5.41, 5.74) is 4.38. The van der Waals surface area contributed by atoms with Crippen molar-refractivity contribution in [2.24, 2.45) is 0 Å². The summed E-state index contributed by atoms with van der Waals surface area (Å²) in [6, 6.07) is 16.7. The first-order valence-corrected chi connectivity index (χ1v) is 8.35. The average Bonchev–Trinajstić information content (AvgIpc) is 3.01. The van der Waals surface area contributed by atoms with Crippen LogP contribution in [-0.4, -0.2) is 23.4 Å². The van der Waals surface area contributed by atoms with E-state index in [1.54, 1.807) is 7.11 Å². The van der Waals surface area contributed by atoms with E-state index in [0.717, 1.165) is 40.9 Å². The Balaban J connectivity index is 2.03. The van der Waals surface area contributed by atoms with Gasteiger partial charge in [0.05, 0.1) is 29.5 Å². The van der Waals surface area contributed by atoms with E-state index in [2.05, 4.69) is 53.2 Å². The lowest BCUT2D eigenvalue weighted by molar-refractivity contribution is 0.268. The zero-order valence-electron chi connectivity index (χ0n) is 14.0. The van der Waals surface area contributed by atoms with Gasteiger partial charge in [0.15, 0.2) is 0 Å². The third kappa shape index (κ3) is 2.10. The van der Waals surface area contributed by atoms with Crippen LogP contribution in [0.4, 0.5) is 5.69 Å². The number of methoxy groups -OCH3 is 1. The predicted molar refractivity (Wildman–Crippen MR) is 97.1 cm³/mol. The van der Waals surface area contributed by atoms with Gasteiger partial charge in [0, 0.05) is 17.7 Å². The summed E-state index contributed by atoms with van der Waals surface area (Å²) >= 11 is 0. The topological polar surface area (TPSA) is 46.4 Å². The van der Waals surface area contributed by atoms with Crippen LogP contribution in [0.25, 0.3) is 16.6 Å². The first-order valence-electron chi connectivity index (χ1n) is 8.35. The minimum atomic E-state index is -0.235. The van der Waals surface area contributed by atoms with E-state index in [0.29, 0.717) is 0 Å². The average molecular weight is 322 g/mol. The zero-order chi connectivity index (χ0) is 16.7. The number of anilines is 1. The van der Waals surface area contributed by atoms with Crippen molar-refractivity contribution in [2.45, 2.75) is 25.3 Å². The zero-order valence-corrected chi connectivity index (χ0v) is 14.0. The molecule has 3 aromatic rings. The molecule has 1 aromatic heterocycles. The van der Waals surface area contributed by atoms with Crippen molar-refractivity contribution in [3.63, 3.8) is 0 Å². The van der Waals surface area contributed by atoms with Crippen LogP contribution in [0.2, 0.25) is 0 Å². The summed E-state index contributed by atoms with van der Waals surface area (Å²) < 4.78 is 7.89. The molecule has 4 rings (SSSR count). The molecule has 2 aromatic carbocycles. The Morgan fingerprint density at radius 3 is 2.79 bits per heavy atom. The van der Waals surface area contributed by atoms with Gasteiger partial charge in [-0.1, -0.05) is 18.2 Å². The highest BCUT2D eigenvalue weighted by Gasteiger charge is 2.35. The first-order chi connectivity index (χ1) is 11.7. The molecule has 1 aliphatic rings. The highest BCUT2D eigenvalue weighted by atomic mass is 16.5. The number of rotatable bonds is 4. The summed E-state index contributed by atoms with van der Waals surface area (Å²) in [5, 5.41) is 14.1. The number of hydrogen-bond acceptors (Lipinski definition) is 3. The summed E-state index contributed by atoms with van der Waals surface area (Å²) in [7, 11) is 1.71. The molecule has 0 saturated carbocycles. The van der Waals surface area contributed by atoms with Gasteiger partial charge >= 0.3 is 0 Å². The lowest BCUT2D eigenvalue weighted by atomic mass is 9.89. The Labute approximate surface area is 141 Å². The quantitative estimate of drug-likeness (QED) is 0.762. The van der Waals surface area contributed by atoms with Crippen molar-refractivity contribution < 1.29 is 9.84 Å². The molecule has 24 heavy (non-hydrogen) atoms. The summed E-state index contributed by atoms with van der Waals surface area (Å²) in [5.74, 6) is 0.886. The van der Waals surface area contributed by atoms with Crippen LogP contribution >= 0.6 is 0 Å². The highest BCUT2D eigenvalue weighted by molar-refractivity contribution is 5.91. The summed E-state index contributed by atoms with van der Waals surface area (Å²) in [4.78, 5) is 0. The molecule has 4 nitrogen and oxygen atoms in total. The third-order valence-electron chi connectivity index (χ3n) is 4.98. The van der Waals surface area contributed by atoms with Crippen LogP contribution in [0.5, 0.6) is 5.75 Å². The molecule has 0 aliphatic carbocycles. The molecular weight excluding hydrogens is 300 g/mol. The molecule has 0 saturated heterocycles. The van der Waals surface area contributed by atoms with Crippen molar-refractivity contribution in [3.05, 3.63) is 54.2 Å². The minimum Gasteiger partial charge on any atom is -0.496 e. The van der Waals surface area contributed by atoms with E-state index in [-0.39, 0.29) is 12.1 Å². The van der Waals surface area contributed by atoms with Gasteiger partial charge in [-0.2, -0.15) is 0 Å². The van der Waals surface area contributed by atoms with Crippen molar-refractivity contribution in [3.8, 4) is 11.4 Å². The SMILES string of the molecule is COc1cccc2c1cc1n2-c2ccccc2NC1(C)CCCO. The minimum absolute atomic E-state index is 0.197. The fourth-order valence-corrected chi connectivity index (χ4v) is 3.81. The fourth-order valence-electron chi connectivity index (χ4n) is 3.81. The largest absolute Gasteiger partial charge is 0.496 e. The lowest BCUT2D eigenvalue weighted by Gasteiger charge is -2.38. The molecule has 0 spiro atoms. The van der Waals surface area contributed by atoms with Gasteiger partial charge in [0.2, 0.25) is 0 Å². The maximum Gasteiger partial charge on any atom is 0.128 e. The molecule has 1 atom stereocenters. The number of ether oxygens (including phenoxy) is 1. The fraction of sp³-hybridized carbons (Fsp3) is 0.300. The van der Waals surface area contributed by atoms with Crippen molar-refractivity contribution in [1.82, 2.24) is 4.57 Å². The van der Waals surface area contributed by atoms with Gasteiger partial charge in [0.25, 0.3) is 0 Å². The molecule has 0 amide bonds. The van der Waals surface area contributed by atoms with E-state index in [4.69, 9.17) is 4.74 Å². The third-order valence-corrected chi connectivity index (χ3v) is 4.98. The lowest BCUT2D eigenvalue weighted by Crippen LogP contribution is -2.37. The molecule has 0 radical (unpaired) electrons. The monoisotopic (exact) mass is 322 g/mol. The number of hydrogen-bond donors (Lipinski definition) is 2. The van der Waals surface area contributed by atoms with Crippen molar-refractivity contribution in [1.29, 1.82) is 0 Å². The van der Waals surface area contributed by atoms with E-state index < -0.39 is 0 Å². The smallest absolute Gasteiger partial charge is 0.128 e. The van der Waals surface area contributed by atoms with Crippen LogP contribution in [-0.2, 0) is 5.54 Å². The molecule has 2 N–H and O–H groups in total. The number of aromatic nitrogens is 1. The predicted octanol–water partition coefficient (Wildman–Crippen LogP) is 4.05. The number of fused-ring (bicyclic) bond motifs is 5. The van der Waals surface area contributed by atoms with E-state index in [9.17, 15) is 5.11 Å². The van der Waals surface area contributed by atoms with Gasteiger partial charge in [-0.3, -0.25) is 0 Å². The second-order valence-electron chi connectivity index (χ2n) is 6.56. The Kier molecular flexibility index (Phi) is 3.50. The Morgan fingerprint density at radius 1 is 1.17 bits per heavy atom.